The summed E-state index contributed by atoms with van der Waals surface area (Å²) in [6.07, 6.45) is -4.74. The van der Waals surface area contributed by atoms with Crippen molar-refractivity contribution < 1.29 is 26.8 Å². The van der Waals surface area contributed by atoms with E-state index in [1.165, 1.54) is 0 Å². The summed E-state index contributed by atoms with van der Waals surface area (Å²) in [5.74, 6) is -0.901. The summed E-state index contributed by atoms with van der Waals surface area (Å²) in [7, 11) is -4.54. The van der Waals surface area contributed by atoms with Crippen molar-refractivity contribution in [1.29, 1.82) is 0 Å². The fourth-order valence-corrected chi connectivity index (χ4v) is 2.14. The number of alkyl halides is 3. The van der Waals surface area contributed by atoms with Gasteiger partial charge in [-0.2, -0.15) is 0 Å². The molecule has 1 aromatic carbocycles. The molecule has 1 aromatic rings. The largest absolute Gasteiger partial charge is 0.386 e. The van der Waals surface area contributed by atoms with Crippen molar-refractivity contribution in [2.45, 2.75) is 21.9 Å². The maximum Gasteiger partial charge on any atom is 0.253 e. The molecule has 0 radical (unpaired) electrons. The standard InChI is InChI=1S/C12H14Cl2FNO4S/c1-21(19,20)8-4-2-7(3-5-8)10(17)9(6-15)16-12(18)11(13)14/h2-5,9-11,17H,6H2,1H3,(H,16,18)/t9-,10-/m1/s1/i1D3. The summed E-state index contributed by atoms with van der Waals surface area (Å²) in [5, 5.41) is 12.2. The van der Waals surface area contributed by atoms with Gasteiger partial charge in [-0.1, -0.05) is 35.3 Å². The number of halogens is 3. The average Bonchev–Trinajstić information content (AvgIpc) is 2.50. The molecule has 0 saturated carbocycles. The highest BCUT2D eigenvalue weighted by atomic mass is 35.5. The molecule has 9 heteroatoms. The van der Waals surface area contributed by atoms with Crippen LogP contribution in [0.2, 0.25) is 0 Å². The van der Waals surface area contributed by atoms with Gasteiger partial charge in [0.2, 0.25) is 0 Å². The first-order chi connectivity index (χ1) is 10.9. The number of rotatable bonds is 6. The number of amides is 1. The molecule has 1 rings (SSSR count). The molecule has 0 saturated heterocycles. The minimum Gasteiger partial charge on any atom is -0.386 e. The summed E-state index contributed by atoms with van der Waals surface area (Å²) in [6.45, 7) is -1.14. The van der Waals surface area contributed by atoms with E-state index in [0.29, 0.717) is 0 Å². The second-order valence-electron chi connectivity index (χ2n) is 4.09. The Morgan fingerprint density at radius 1 is 1.43 bits per heavy atom. The smallest absolute Gasteiger partial charge is 0.253 e. The Hall–Kier alpha value is -0.890. The van der Waals surface area contributed by atoms with Crippen molar-refractivity contribution >= 4 is 38.9 Å². The van der Waals surface area contributed by atoms with Crippen molar-refractivity contribution in [3.05, 3.63) is 29.8 Å². The van der Waals surface area contributed by atoms with Crippen molar-refractivity contribution in [2.75, 3.05) is 12.9 Å². The van der Waals surface area contributed by atoms with Crippen molar-refractivity contribution in [2.24, 2.45) is 0 Å². The van der Waals surface area contributed by atoms with E-state index in [2.05, 4.69) is 5.32 Å². The fraction of sp³-hybridized carbons (Fsp3) is 0.417. The SMILES string of the molecule is [2H]C([2H])([2H])S(=O)(=O)c1ccc([C@@H](O)[C@@H](CF)NC(=O)C(Cl)Cl)cc1. The van der Waals surface area contributed by atoms with E-state index in [1.54, 1.807) is 0 Å². The Bertz CT molecular complexity index is 683. The monoisotopic (exact) mass is 360 g/mol. The van der Waals surface area contributed by atoms with E-state index in [0.717, 1.165) is 24.3 Å². The van der Waals surface area contributed by atoms with Crippen molar-refractivity contribution in [3.63, 3.8) is 0 Å². The molecule has 0 fully saturated rings. The van der Waals surface area contributed by atoms with Gasteiger partial charge < -0.3 is 10.4 Å². The molecule has 0 aliphatic heterocycles. The van der Waals surface area contributed by atoms with Crippen LogP contribution in [0.25, 0.3) is 0 Å². The zero-order chi connectivity index (χ0) is 18.7. The van der Waals surface area contributed by atoms with Crippen LogP contribution >= 0.6 is 23.2 Å². The van der Waals surface area contributed by atoms with Gasteiger partial charge in [-0.25, -0.2) is 12.8 Å². The van der Waals surface area contributed by atoms with Gasteiger partial charge in [0, 0.05) is 10.3 Å². The lowest BCUT2D eigenvalue weighted by Crippen LogP contribution is -2.43. The third kappa shape index (κ3) is 5.10. The molecule has 118 valence electrons. The van der Waals surface area contributed by atoms with Crippen LogP contribution in [0.15, 0.2) is 29.2 Å². The molecule has 0 aliphatic rings. The Labute approximate surface area is 136 Å². The first kappa shape index (κ1) is 13.8. The average molecular weight is 361 g/mol. The van der Waals surface area contributed by atoms with Gasteiger partial charge in [0.15, 0.2) is 14.7 Å². The second-order valence-corrected chi connectivity index (χ2v) is 6.66. The Balaban J connectivity index is 3.01. The number of benzene rings is 1. The predicted octanol–water partition coefficient (Wildman–Crippen LogP) is 1.38. The maximum atomic E-state index is 13.0. The number of aliphatic hydroxyl groups is 1. The van der Waals surface area contributed by atoms with Gasteiger partial charge in [0.25, 0.3) is 5.91 Å². The zero-order valence-electron chi connectivity index (χ0n) is 13.5. The van der Waals surface area contributed by atoms with E-state index in [1.807, 2.05) is 0 Å². The zero-order valence-corrected chi connectivity index (χ0v) is 12.8. The summed E-state index contributed by atoms with van der Waals surface area (Å²) in [6, 6.07) is 2.84. The molecule has 0 bridgehead atoms. The highest BCUT2D eigenvalue weighted by molar-refractivity contribution is 7.90. The Morgan fingerprint density at radius 3 is 2.43 bits per heavy atom. The molecule has 2 atom stereocenters. The summed E-state index contributed by atoms with van der Waals surface area (Å²) < 4.78 is 57.6. The van der Waals surface area contributed by atoms with Crippen LogP contribution in [0, 0.1) is 0 Å². The predicted molar refractivity (Wildman–Crippen MR) is 77.9 cm³/mol. The molecule has 0 aliphatic carbocycles. The Morgan fingerprint density at radius 2 is 2.00 bits per heavy atom. The summed E-state index contributed by atoms with van der Waals surface area (Å²) >= 11 is 10.6. The molecule has 21 heavy (non-hydrogen) atoms. The van der Waals surface area contributed by atoms with Gasteiger partial charge in [-0.3, -0.25) is 4.79 Å². The van der Waals surface area contributed by atoms with Gasteiger partial charge >= 0.3 is 0 Å². The minimum absolute atomic E-state index is 0.0723. The molecule has 0 aromatic heterocycles. The lowest BCUT2D eigenvalue weighted by atomic mass is 10.0. The van der Waals surface area contributed by atoms with Crippen molar-refractivity contribution in [1.82, 2.24) is 5.32 Å². The molecule has 5 nitrogen and oxygen atoms in total. The van der Waals surface area contributed by atoms with Crippen LogP contribution in [0.5, 0.6) is 0 Å². The maximum absolute atomic E-state index is 13.0. The van der Waals surface area contributed by atoms with E-state index in [4.69, 9.17) is 27.3 Å². The number of hydrogen-bond acceptors (Lipinski definition) is 4. The minimum atomic E-state index is -4.54. The molecule has 0 unspecified atom stereocenters. The summed E-state index contributed by atoms with van der Waals surface area (Å²) in [4.78, 5) is 9.43. The van der Waals surface area contributed by atoms with Gasteiger partial charge in [0.05, 0.1) is 10.9 Å². The molecule has 0 heterocycles. The van der Waals surface area contributed by atoms with E-state index < -0.39 is 50.5 Å². The van der Waals surface area contributed by atoms with Crippen LogP contribution in [0.4, 0.5) is 4.39 Å². The lowest BCUT2D eigenvalue weighted by molar-refractivity contribution is -0.121. The van der Waals surface area contributed by atoms with Crippen LogP contribution in [-0.2, 0) is 14.6 Å². The molecular formula is C12H14Cl2FNO4S. The third-order valence-corrected chi connectivity index (χ3v) is 3.89. The number of carbonyl (C=O) groups is 1. The van der Waals surface area contributed by atoms with E-state index in [-0.39, 0.29) is 5.56 Å². The van der Waals surface area contributed by atoms with E-state index in [9.17, 15) is 22.7 Å². The second kappa shape index (κ2) is 7.40. The lowest BCUT2D eigenvalue weighted by Gasteiger charge is -2.22. The van der Waals surface area contributed by atoms with E-state index >= 15 is 0 Å². The number of sulfone groups is 1. The van der Waals surface area contributed by atoms with Gasteiger partial charge in [-0.15, -0.1) is 0 Å². The molecular weight excluding hydrogens is 344 g/mol. The summed E-state index contributed by atoms with van der Waals surface area (Å²) in [5.41, 5.74) is 0.0723. The van der Waals surface area contributed by atoms with Crippen molar-refractivity contribution in [3.8, 4) is 0 Å². The number of hydrogen-bond donors (Lipinski definition) is 2. The highest BCUT2D eigenvalue weighted by Crippen LogP contribution is 2.20. The normalized spacial score (nSPS) is 17.5. The number of nitrogens with one attached hydrogen (secondary N) is 1. The van der Waals surface area contributed by atoms with Gasteiger partial charge in [-0.05, 0) is 17.7 Å². The number of carbonyl (C=O) groups excluding carboxylic acids is 1. The Kier molecular flexibility index (Phi) is 4.84. The fourth-order valence-electron chi connectivity index (χ4n) is 1.52. The van der Waals surface area contributed by atoms with Crippen LogP contribution < -0.4 is 5.32 Å². The molecule has 2 N–H and O–H groups in total. The van der Waals surface area contributed by atoms with Crippen LogP contribution in [0.1, 0.15) is 15.8 Å². The molecule has 0 spiro atoms. The first-order valence-corrected chi connectivity index (χ1v) is 7.94. The third-order valence-electron chi connectivity index (χ3n) is 2.61. The highest BCUT2D eigenvalue weighted by Gasteiger charge is 2.25. The quantitative estimate of drug-likeness (QED) is 0.750. The van der Waals surface area contributed by atoms with Gasteiger partial charge in [0.1, 0.15) is 12.8 Å². The first-order valence-electron chi connectivity index (χ1n) is 7.09. The molecule has 1 amide bonds. The topological polar surface area (TPSA) is 83.5 Å². The van der Waals surface area contributed by atoms with Crippen LogP contribution in [-0.4, -0.2) is 43.2 Å². The van der Waals surface area contributed by atoms with Crippen LogP contribution in [0.3, 0.4) is 0 Å². The number of aliphatic hydroxyl groups excluding tert-OH is 1.